The highest BCUT2D eigenvalue weighted by Crippen LogP contribution is 2.33. The fourth-order valence-electron chi connectivity index (χ4n) is 3.46. The standard InChI is InChI=1S/C13H20ClN5/c1-18-5-2-3-9-8-19(6-4-11(9)18)12-10(15)7-16-13(14)17-12/h7,9,11H,2-6,8,15H2,1H3. The van der Waals surface area contributed by atoms with Gasteiger partial charge < -0.3 is 15.5 Å². The number of rotatable bonds is 1. The van der Waals surface area contributed by atoms with Gasteiger partial charge in [0.05, 0.1) is 11.9 Å². The minimum absolute atomic E-state index is 0.270. The lowest BCUT2D eigenvalue weighted by molar-refractivity contribution is 0.102. The van der Waals surface area contributed by atoms with E-state index in [0.717, 1.165) is 18.9 Å². The third-order valence-electron chi connectivity index (χ3n) is 4.41. The lowest BCUT2D eigenvalue weighted by atomic mass is 9.84. The van der Waals surface area contributed by atoms with E-state index >= 15 is 0 Å². The average molecular weight is 282 g/mol. The van der Waals surface area contributed by atoms with E-state index in [1.807, 2.05) is 0 Å². The first kappa shape index (κ1) is 12.9. The Hall–Kier alpha value is -1.07. The number of anilines is 2. The fourth-order valence-corrected chi connectivity index (χ4v) is 3.59. The predicted molar refractivity (Wildman–Crippen MR) is 77.4 cm³/mol. The van der Waals surface area contributed by atoms with Gasteiger partial charge in [-0.05, 0) is 50.4 Å². The van der Waals surface area contributed by atoms with Gasteiger partial charge in [0.25, 0.3) is 0 Å². The van der Waals surface area contributed by atoms with Crippen LogP contribution in [0.2, 0.25) is 5.28 Å². The lowest BCUT2D eigenvalue weighted by Gasteiger charge is -2.46. The van der Waals surface area contributed by atoms with E-state index in [1.165, 1.54) is 25.8 Å². The van der Waals surface area contributed by atoms with Crippen molar-refractivity contribution < 1.29 is 0 Å². The summed E-state index contributed by atoms with van der Waals surface area (Å²) in [6, 6.07) is 0.712. The van der Waals surface area contributed by atoms with Crippen molar-refractivity contribution in [2.24, 2.45) is 5.92 Å². The maximum absolute atomic E-state index is 5.98. The fraction of sp³-hybridized carbons (Fsp3) is 0.692. The minimum atomic E-state index is 0.270. The maximum Gasteiger partial charge on any atom is 0.224 e. The highest BCUT2D eigenvalue weighted by molar-refractivity contribution is 6.28. The van der Waals surface area contributed by atoms with Crippen LogP contribution in [0.3, 0.4) is 0 Å². The number of hydrogen-bond acceptors (Lipinski definition) is 5. The van der Waals surface area contributed by atoms with E-state index in [0.29, 0.717) is 17.6 Å². The zero-order chi connectivity index (χ0) is 13.4. The van der Waals surface area contributed by atoms with Crippen LogP contribution in [0.4, 0.5) is 11.5 Å². The number of nitrogens with zero attached hydrogens (tertiary/aromatic N) is 4. The quantitative estimate of drug-likeness (QED) is 0.793. The minimum Gasteiger partial charge on any atom is -0.394 e. The maximum atomic E-state index is 5.98. The van der Waals surface area contributed by atoms with Crippen LogP contribution >= 0.6 is 11.6 Å². The number of nitrogens with two attached hydrogens (primary N) is 1. The lowest BCUT2D eigenvalue weighted by Crippen LogP contribution is -2.53. The van der Waals surface area contributed by atoms with Crippen LogP contribution in [0, 0.1) is 5.92 Å². The Morgan fingerprint density at radius 1 is 1.37 bits per heavy atom. The van der Waals surface area contributed by atoms with Gasteiger partial charge >= 0.3 is 0 Å². The normalized spacial score (nSPS) is 28.2. The van der Waals surface area contributed by atoms with Gasteiger partial charge in [-0.3, -0.25) is 0 Å². The van der Waals surface area contributed by atoms with Crippen LogP contribution in [0.15, 0.2) is 6.20 Å². The second-order valence-corrected chi connectivity index (χ2v) is 5.94. The van der Waals surface area contributed by atoms with Crippen molar-refractivity contribution in [3.63, 3.8) is 0 Å². The van der Waals surface area contributed by atoms with Crippen molar-refractivity contribution in [3.05, 3.63) is 11.5 Å². The number of hydrogen-bond donors (Lipinski definition) is 1. The van der Waals surface area contributed by atoms with E-state index in [-0.39, 0.29) is 5.28 Å². The van der Waals surface area contributed by atoms with Gasteiger partial charge in [-0.2, -0.15) is 4.98 Å². The van der Waals surface area contributed by atoms with Gasteiger partial charge in [0.2, 0.25) is 5.28 Å². The molecule has 0 saturated carbocycles. The molecule has 0 amide bonds. The van der Waals surface area contributed by atoms with Crippen LogP contribution in [-0.4, -0.2) is 47.6 Å². The molecule has 2 aliphatic rings. The largest absolute Gasteiger partial charge is 0.394 e. The Morgan fingerprint density at radius 2 is 2.21 bits per heavy atom. The summed E-state index contributed by atoms with van der Waals surface area (Å²) in [7, 11) is 2.24. The Kier molecular flexibility index (Phi) is 3.50. The van der Waals surface area contributed by atoms with Gasteiger partial charge in [-0.1, -0.05) is 0 Å². The zero-order valence-corrected chi connectivity index (χ0v) is 12.0. The molecule has 0 aromatic carbocycles. The van der Waals surface area contributed by atoms with Crippen molar-refractivity contribution in [1.29, 1.82) is 0 Å². The number of nitrogen functional groups attached to an aromatic ring is 1. The SMILES string of the molecule is CN1CCCC2CN(c3nc(Cl)ncc3N)CCC21. The van der Waals surface area contributed by atoms with E-state index < -0.39 is 0 Å². The summed E-state index contributed by atoms with van der Waals surface area (Å²) >= 11 is 5.88. The Bertz CT molecular complexity index is 466. The highest BCUT2D eigenvalue weighted by atomic mass is 35.5. The van der Waals surface area contributed by atoms with E-state index in [9.17, 15) is 0 Å². The first-order valence-corrected chi connectivity index (χ1v) is 7.26. The molecule has 3 heterocycles. The average Bonchev–Trinajstić information content (AvgIpc) is 2.41. The molecule has 6 heteroatoms. The van der Waals surface area contributed by atoms with Gasteiger partial charge in [0, 0.05) is 19.1 Å². The molecule has 2 unspecified atom stereocenters. The molecule has 2 fully saturated rings. The molecule has 2 saturated heterocycles. The molecule has 2 aliphatic heterocycles. The summed E-state index contributed by atoms with van der Waals surface area (Å²) in [6.07, 6.45) is 5.35. The molecule has 19 heavy (non-hydrogen) atoms. The molecular formula is C13H20ClN5. The predicted octanol–water partition coefficient (Wildman–Crippen LogP) is 1.63. The van der Waals surface area contributed by atoms with Gasteiger partial charge in [0.15, 0.2) is 5.82 Å². The third-order valence-corrected chi connectivity index (χ3v) is 4.59. The van der Waals surface area contributed by atoms with Crippen molar-refractivity contribution >= 4 is 23.1 Å². The summed E-state index contributed by atoms with van der Waals surface area (Å²) in [6.45, 7) is 3.23. The molecule has 0 spiro atoms. The number of piperidine rings is 2. The van der Waals surface area contributed by atoms with Crippen molar-refractivity contribution in [1.82, 2.24) is 14.9 Å². The van der Waals surface area contributed by atoms with Gasteiger partial charge in [-0.15, -0.1) is 0 Å². The molecule has 1 aromatic rings. The van der Waals surface area contributed by atoms with Crippen LogP contribution in [0.1, 0.15) is 19.3 Å². The van der Waals surface area contributed by atoms with Crippen molar-refractivity contribution in [2.45, 2.75) is 25.3 Å². The van der Waals surface area contributed by atoms with Crippen LogP contribution < -0.4 is 10.6 Å². The molecule has 1 aromatic heterocycles. The first-order chi connectivity index (χ1) is 9.15. The third kappa shape index (κ3) is 2.49. The molecule has 104 valence electrons. The van der Waals surface area contributed by atoms with E-state index in [4.69, 9.17) is 17.3 Å². The monoisotopic (exact) mass is 281 g/mol. The van der Waals surface area contributed by atoms with Gasteiger partial charge in [0.1, 0.15) is 0 Å². The molecular weight excluding hydrogens is 262 g/mol. The number of fused-ring (bicyclic) bond motifs is 1. The number of likely N-dealkylation sites (tertiary alicyclic amines) is 1. The van der Waals surface area contributed by atoms with Crippen LogP contribution in [0.5, 0.6) is 0 Å². The summed E-state index contributed by atoms with van der Waals surface area (Å²) in [5.74, 6) is 1.51. The second kappa shape index (κ2) is 5.13. The summed E-state index contributed by atoms with van der Waals surface area (Å²) < 4.78 is 0. The van der Waals surface area contributed by atoms with Crippen molar-refractivity contribution in [3.8, 4) is 0 Å². The summed E-state index contributed by atoms with van der Waals surface area (Å²) in [5, 5.41) is 0.270. The molecule has 5 nitrogen and oxygen atoms in total. The molecule has 0 bridgehead atoms. The molecule has 2 atom stereocenters. The number of aromatic nitrogens is 2. The highest BCUT2D eigenvalue weighted by Gasteiger charge is 2.35. The van der Waals surface area contributed by atoms with Gasteiger partial charge in [-0.25, -0.2) is 4.98 Å². The molecule has 0 aliphatic carbocycles. The van der Waals surface area contributed by atoms with E-state index in [2.05, 4.69) is 26.8 Å². The number of halogens is 1. The Balaban J connectivity index is 1.79. The first-order valence-electron chi connectivity index (χ1n) is 6.88. The van der Waals surface area contributed by atoms with E-state index in [1.54, 1.807) is 6.20 Å². The molecule has 2 N–H and O–H groups in total. The Labute approximate surface area is 118 Å². The molecule has 3 rings (SSSR count). The Morgan fingerprint density at radius 3 is 3.05 bits per heavy atom. The topological polar surface area (TPSA) is 58.3 Å². The molecule has 0 radical (unpaired) electrons. The van der Waals surface area contributed by atoms with Crippen LogP contribution in [-0.2, 0) is 0 Å². The summed E-state index contributed by atoms with van der Waals surface area (Å²) in [5.41, 5.74) is 6.60. The smallest absolute Gasteiger partial charge is 0.224 e. The van der Waals surface area contributed by atoms with Crippen molar-refractivity contribution in [2.75, 3.05) is 37.3 Å². The van der Waals surface area contributed by atoms with Crippen LogP contribution in [0.25, 0.3) is 0 Å². The zero-order valence-electron chi connectivity index (χ0n) is 11.2. The second-order valence-electron chi connectivity index (χ2n) is 5.60. The summed E-state index contributed by atoms with van der Waals surface area (Å²) in [4.78, 5) is 13.0.